The highest BCUT2D eigenvalue weighted by molar-refractivity contribution is 9.10. The first-order valence-electron chi connectivity index (χ1n) is 4.67. The van der Waals surface area contributed by atoms with Crippen molar-refractivity contribution in [2.75, 3.05) is 6.26 Å². The van der Waals surface area contributed by atoms with Gasteiger partial charge in [-0.05, 0) is 24.0 Å². The summed E-state index contributed by atoms with van der Waals surface area (Å²) >= 11 is 8.19. The maximum absolute atomic E-state index is 9.07. The Bertz CT molecular complexity index is 518. The van der Waals surface area contributed by atoms with E-state index in [1.54, 1.807) is 34.9 Å². The first-order chi connectivity index (χ1) is 8.22. The Balaban J connectivity index is 2.15. The Hall–Kier alpha value is -0.0800. The summed E-state index contributed by atoms with van der Waals surface area (Å²) in [5, 5.41) is 17.2. The highest BCUT2D eigenvalue weighted by Gasteiger charge is 2.07. The Morgan fingerprint density at radius 2 is 2.12 bits per heavy atom. The monoisotopic (exact) mass is 348 g/mol. The van der Waals surface area contributed by atoms with Gasteiger partial charge in [-0.15, -0.1) is 10.2 Å². The molecule has 0 aliphatic carbocycles. The Labute approximate surface area is 120 Å². The van der Waals surface area contributed by atoms with Crippen LogP contribution in [0.25, 0.3) is 0 Å². The van der Waals surface area contributed by atoms with Crippen LogP contribution in [0, 0.1) is 0 Å². The van der Waals surface area contributed by atoms with Crippen LogP contribution in [0.2, 0.25) is 0 Å². The fourth-order valence-corrected chi connectivity index (χ4v) is 4.25. The number of halogens is 1. The highest BCUT2D eigenvalue weighted by atomic mass is 79.9. The van der Waals surface area contributed by atoms with Gasteiger partial charge < -0.3 is 5.11 Å². The number of hydrogen-bond donors (Lipinski definition) is 1. The number of benzene rings is 1. The zero-order valence-corrected chi connectivity index (χ0v) is 12.9. The minimum absolute atomic E-state index is 0.0426. The maximum atomic E-state index is 9.07. The topological polar surface area (TPSA) is 46.0 Å². The van der Waals surface area contributed by atoms with Gasteiger partial charge in [0.25, 0.3) is 0 Å². The Morgan fingerprint density at radius 3 is 2.71 bits per heavy atom. The lowest BCUT2D eigenvalue weighted by molar-refractivity contribution is 0.281. The van der Waals surface area contributed by atoms with Crippen LogP contribution in [0.4, 0.5) is 0 Å². The maximum Gasteiger partial charge on any atom is 0.179 e. The van der Waals surface area contributed by atoms with E-state index in [1.165, 1.54) is 0 Å². The third-order valence-corrected chi connectivity index (χ3v) is 5.64. The smallest absolute Gasteiger partial charge is 0.179 e. The molecular formula is C10H9BrN2OS3. The minimum atomic E-state index is 0.0426. The summed E-state index contributed by atoms with van der Waals surface area (Å²) < 4.78 is 2.82. The van der Waals surface area contributed by atoms with Gasteiger partial charge in [-0.2, -0.15) is 0 Å². The van der Waals surface area contributed by atoms with Gasteiger partial charge in [0.05, 0.1) is 6.61 Å². The van der Waals surface area contributed by atoms with E-state index in [0.29, 0.717) is 0 Å². The average molecular weight is 349 g/mol. The van der Waals surface area contributed by atoms with E-state index < -0.39 is 0 Å². The van der Waals surface area contributed by atoms with Crippen LogP contribution < -0.4 is 0 Å². The molecule has 1 aromatic heterocycles. The van der Waals surface area contributed by atoms with E-state index in [2.05, 4.69) is 26.1 Å². The van der Waals surface area contributed by atoms with Gasteiger partial charge in [0.15, 0.2) is 8.68 Å². The molecule has 7 heteroatoms. The predicted octanol–water partition coefficient (Wildman–Crippen LogP) is 3.67. The predicted molar refractivity (Wildman–Crippen MR) is 75.9 cm³/mol. The normalized spacial score (nSPS) is 10.8. The molecule has 1 N–H and O–H groups in total. The number of rotatable bonds is 4. The second-order valence-corrected chi connectivity index (χ2v) is 7.26. The lowest BCUT2D eigenvalue weighted by atomic mass is 10.2. The van der Waals surface area contributed by atoms with Crippen molar-refractivity contribution in [1.29, 1.82) is 0 Å². The molecule has 0 amide bonds. The van der Waals surface area contributed by atoms with E-state index in [1.807, 2.05) is 24.5 Å². The molecule has 17 heavy (non-hydrogen) atoms. The van der Waals surface area contributed by atoms with Crippen molar-refractivity contribution in [2.24, 2.45) is 0 Å². The molecule has 0 saturated carbocycles. The van der Waals surface area contributed by atoms with Crippen LogP contribution in [0.15, 0.2) is 36.2 Å². The fourth-order valence-electron chi connectivity index (χ4n) is 1.14. The van der Waals surface area contributed by atoms with Crippen molar-refractivity contribution < 1.29 is 5.11 Å². The van der Waals surface area contributed by atoms with E-state index in [9.17, 15) is 0 Å². The zero-order chi connectivity index (χ0) is 12.3. The molecule has 0 spiro atoms. The quantitative estimate of drug-likeness (QED) is 0.854. The molecule has 2 rings (SSSR count). The molecule has 0 atom stereocenters. The summed E-state index contributed by atoms with van der Waals surface area (Å²) in [5.74, 6) is 0. The van der Waals surface area contributed by atoms with Crippen molar-refractivity contribution in [1.82, 2.24) is 10.2 Å². The summed E-state index contributed by atoms with van der Waals surface area (Å²) in [6, 6.07) is 5.86. The van der Waals surface area contributed by atoms with Gasteiger partial charge in [-0.3, -0.25) is 0 Å². The minimum Gasteiger partial charge on any atom is -0.392 e. The van der Waals surface area contributed by atoms with Crippen molar-refractivity contribution in [3.63, 3.8) is 0 Å². The second-order valence-electron chi connectivity index (χ2n) is 3.05. The first kappa shape index (κ1) is 13.4. The largest absolute Gasteiger partial charge is 0.392 e. The summed E-state index contributed by atoms with van der Waals surface area (Å²) in [6.07, 6.45) is 1.99. The molecule has 0 aliphatic rings. The molecular weight excluding hydrogens is 340 g/mol. The fraction of sp³-hybridized carbons (Fsp3) is 0.200. The van der Waals surface area contributed by atoms with Crippen LogP contribution in [0.1, 0.15) is 5.56 Å². The van der Waals surface area contributed by atoms with Gasteiger partial charge in [-0.25, -0.2) is 0 Å². The van der Waals surface area contributed by atoms with Crippen LogP contribution in [-0.2, 0) is 6.61 Å². The van der Waals surface area contributed by atoms with E-state index in [-0.39, 0.29) is 6.61 Å². The highest BCUT2D eigenvalue weighted by Crippen LogP contribution is 2.34. The molecule has 2 aromatic rings. The number of thioether (sulfide) groups is 1. The number of aliphatic hydroxyl groups is 1. The van der Waals surface area contributed by atoms with Gasteiger partial charge in [0, 0.05) is 9.37 Å². The van der Waals surface area contributed by atoms with E-state index >= 15 is 0 Å². The first-order valence-corrected chi connectivity index (χ1v) is 8.32. The summed E-state index contributed by atoms with van der Waals surface area (Å²) in [5.41, 5.74) is 0.886. The Kier molecular flexibility index (Phi) is 4.87. The van der Waals surface area contributed by atoms with Gasteiger partial charge in [0.1, 0.15) is 0 Å². The molecule has 1 heterocycles. The van der Waals surface area contributed by atoms with Crippen molar-refractivity contribution >= 4 is 50.8 Å². The van der Waals surface area contributed by atoms with E-state index in [4.69, 9.17) is 5.11 Å². The number of hydrogen-bond acceptors (Lipinski definition) is 6. The van der Waals surface area contributed by atoms with Gasteiger partial charge in [0.2, 0.25) is 0 Å². The SMILES string of the molecule is CSc1nnc(Sc2ccc(CO)c(Br)c2)s1. The molecule has 0 bridgehead atoms. The third kappa shape index (κ3) is 3.45. The standard InChI is InChI=1S/C10H9BrN2OS3/c1-15-9-12-13-10(17-9)16-7-3-2-6(5-14)8(11)4-7/h2-4,14H,5H2,1H3. The molecule has 3 nitrogen and oxygen atoms in total. The van der Waals surface area contributed by atoms with Crippen LogP contribution in [0.5, 0.6) is 0 Å². The number of aromatic nitrogens is 2. The van der Waals surface area contributed by atoms with Crippen molar-refractivity contribution in [3.05, 3.63) is 28.2 Å². The molecule has 0 fully saturated rings. The average Bonchev–Trinajstić information content (AvgIpc) is 2.77. The summed E-state index contributed by atoms with van der Waals surface area (Å²) in [7, 11) is 0. The van der Waals surface area contributed by atoms with Crippen LogP contribution in [-0.4, -0.2) is 21.6 Å². The second kappa shape index (κ2) is 6.19. The van der Waals surface area contributed by atoms with Crippen LogP contribution >= 0.6 is 50.8 Å². The Morgan fingerprint density at radius 1 is 1.35 bits per heavy atom. The van der Waals surface area contributed by atoms with Crippen molar-refractivity contribution in [3.8, 4) is 0 Å². The molecule has 90 valence electrons. The third-order valence-electron chi connectivity index (χ3n) is 1.96. The molecule has 0 aliphatic heterocycles. The summed E-state index contributed by atoms with van der Waals surface area (Å²) in [4.78, 5) is 1.08. The number of aliphatic hydroxyl groups excluding tert-OH is 1. The molecule has 0 saturated heterocycles. The number of nitrogens with zero attached hydrogens (tertiary/aromatic N) is 2. The molecule has 0 radical (unpaired) electrons. The van der Waals surface area contributed by atoms with Crippen LogP contribution in [0.3, 0.4) is 0 Å². The lowest BCUT2D eigenvalue weighted by Gasteiger charge is -2.02. The molecule has 1 aromatic carbocycles. The van der Waals surface area contributed by atoms with Gasteiger partial charge >= 0.3 is 0 Å². The van der Waals surface area contributed by atoms with Gasteiger partial charge in [-0.1, -0.05) is 56.9 Å². The molecule has 0 unspecified atom stereocenters. The summed E-state index contributed by atoms with van der Waals surface area (Å²) in [6.45, 7) is 0.0426. The lowest BCUT2D eigenvalue weighted by Crippen LogP contribution is -1.85. The zero-order valence-electron chi connectivity index (χ0n) is 8.88. The van der Waals surface area contributed by atoms with Crippen molar-refractivity contribution in [2.45, 2.75) is 20.2 Å². The van der Waals surface area contributed by atoms with E-state index in [0.717, 1.165) is 23.6 Å².